The fourth-order valence-electron chi connectivity index (χ4n) is 2.09. The Labute approximate surface area is 116 Å². The van der Waals surface area contributed by atoms with Crippen LogP contribution in [0.15, 0.2) is 29.2 Å². The highest BCUT2D eigenvalue weighted by molar-refractivity contribution is 7.89. The van der Waals surface area contributed by atoms with Gasteiger partial charge in [-0.15, -0.1) is 0 Å². The van der Waals surface area contributed by atoms with Gasteiger partial charge in [-0.1, -0.05) is 12.2 Å². The van der Waals surface area contributed by atoms with E-state index >= 15 is 0 Å². The van der Waals surface area contributed by atoms with Crippen molar-refractivity contribution in [1.82, 2.24) is 4.72 Å². The van der Waals surface area contributed by atoms with Gasteiger partial charge in [-0.2, -0.15) is 0 Å². The van der Waals surface area contributed by atoms with Crippen molar-refractivity contribution in [2.75, 3.05) is 6.61 Å². The van der Waals surface area contributed by atoms with Crippen LogP contribution in [-0.4, -0.2) is 26.2 Å². The molecule has 0 amide bonds. The Bertz CT molecular complexity index is 643. The summed E-state index contributed by atoms with van der Waals surface area (Å²) in [6.07, 6.45) is 3.69. The Hall–Kier alpha value is -1.31. The molecule has 110 valence electrons. The molecule has 0 saturated heterocycles. The summed E-state index contributed by atoms with van der Waals surface area (Å²) in [4.78, 5) is -0.707. The van der Waals surface area contributed by atoms with Gasteiger partial charge in [0.2, 0.25) is 10.0 Å². The minimum atomic E-state index is -4.14. The molecule has 4 nitrogen and oxygen atoms in total. The minimum Gasteiger partial charge on any atom is -0.396 e. The van der Waals surface area contributed by atoms with Crippen molar-refractivity contribution in [2.45, 2.75) is 24.3 Å². The smallest absolute Gasteiger partial charge is 0.244 e. The first kappa shape index (κ1) is 15.1. The summed E-state index contributed by atoms with van der Waals surface area (Å²) in [7, 11) is -4.14. The number of rotatable bonds is 4. The molecule has 0 spiro atoms. The van der Waals surface area contributed by atoms with Crippen LogP contribution in [0, 0.1) is 24.5 Å². The van der Waals surface area contributed by atoms with E-state index < -0.39 is 32.6 Å². The number of nitrogens with one attached hydrogen (secondary N) is 1. The Balaban J connectivity index is 2.24. The number of benzene rings is 1. The van der Waals surface area contributed by atoms with E-state index in [1.165, 1.54) is 6.92 Å². The van der Waals surface area contributed by atoms with Crippen LogP contribution in [0.1, 0.15) is 12.0 Å². The zero-order chi connectivity index (χ0) is 14.9. The maximum absolute atomic E-state index is 13.7. The first-order chi connectivity index (χ1) is 9.33. The summed E-state index contributed by atoms with van der Waals surface area (Å²) in [5.74, 6) is -1.89. The lowest BCUT2D eigenvalue weighted by Gasteiger charge is -2.14. The van der Waals surface area contributed by atoms with Crippen molar-refractivity contribution < 1.29 is 22.3 Å². The zero-order valence-corrected chi connectivity index (χ0v) is 11.6. The molecule has 2 N–H and O–H groups in total. The highest BCUT2D eigenvalue weighted by Crippen LogP contribution is 2.22. The number of aliphatic hydroxyl groups excluding tert-OH is 1. The van der Waals surface area contributed by atoms with Gasteiger partial charge in [0.1, 0.15) is 16.5 Å². The monoisotopic (exact) mass is 303 g/mol. The molecular formula is C13H15F2NO3S. The molecule has 0 unspecified atom stereocenters. The topological polar surface area (TPSA) is 66.4 Å². The van der Waals surface area contributed by atoms with Gasteiger partial charge in [0.15, 0.2) is 0 Å². The quantitative estimate of drug-likeness (QED) is 0.828. The number of halogens is 2. The number of aliphatic hydroxyl groups is 1. The van der Waals surface area contributed by atoms with Crippen molar-refractivity contribution in [2.24, 2.45) is 5.92 Å². The fraction of sp³-hybridized carbons (Fsp3) is 0.385. The van der Waals surface area contributed by atoms with Gasteiger partial charge in [-0.05, 0) is 31.0 Å². The maximum Gasteiger partial charge on any atom is 0.244 e. The van der Waals surface area contributed by atoms with Gasteiger partial charge < -0.3 is 5.11 Å². The maximum atomic E-state index is 13.7. The van der Waals surface area contributed by atoms with Crippen LogP contribution in [0.4, 0.5) is 8.78 Å². The molecule has 7 heteroatoms. The second-order valence-electron chi connectivity index (χ2n) is 4.82. The third kappa shape index (κ3) is 3.05. The third-order valence-corrected chi connectivity index (χ3v) is 4.72. The van der Waals surface area contributed by atoms with Crippen molar-refractivity contribution in [3.05, 3.63) is 41.5 Å². The first-order valence-electron chi connectivity index (χ1n) is 6.10. The summed E-state index contributed by atoms with van der Waals surface area (Å²) in [5.41, 5.74) is 0.0440. The zero-order valence-electron chi connectivity index (χ0n) is 10.8. The largest absolute Gasteiger partial charge is 0.396 e. The van der Waals surface area contributed by atoms with Crippen LogP contribution >= 0.6 is 0 Å². The molecule has 0 saturated carbocycles. The number of aryl methyl sites for hydroxylation is 1. The summed E-state index contributed by atoms with van der Waals surface area (Å²) in [5, 5.41) is 8.97. The van der Waals surface area contributed by atoms with E-state index in [-0.39, 0.29) is 18.1 Å². The lowest BCUT2D eigenvalue weighted by molar-refractivity contribution is 0.248. The van der Waals surface area contributed by atoms with Gasteiger partial charge in [-0.25, -0.2) is 21.9 Å². The fourth-order valence-corrected chi connectivity index (χ4v) is 3.37. The van der Waals surface area contributed by atoms with Crippen molar-refractivity contribution >= 4 is 10.0 Å². The normalized spacial score (nSPS) is 22.4. The second-order valence-corrected chi connectivity index (χ2v) is 6.51. The van der Waals surface area contributed by atoms with Crippen molar-refractivity contribution in [3.63, 3.8) is 0 Å². The summed E-state index contributed by atoms with van der Waals surface area (Å²) in [6, 6.07) is 1.00. The van der Waals surface area contributed by atoms with E-state index in [0.29, 0.717) is 12.5 Å². The summed E-state index contributed by atoms with van der Waals surface area (Å²) in [6.45, 7) is 1.27. The molecule has 20 heavy (non-hydrogen) atoms. The molecule has 0 aromatic heterocycles. The molecule has 0 fully saturated rings. The average molecular weight is 303 g/mol. The van der Waals surface area contributed by atoms with E-state index in [4.69, 9.17) is 5.11 Å². The predicted octanol–water partition coefficient (Wildman–Crippen LogP) is 1.49. The van der Waals surface area contributed by atoms with E-state index in [1.54, 1.807) is 12.2 Å². The van der Waals surface area contributed by atoms with E-state index in [2.05, 4.69) is 4.72 Å². The highest BCUT2D eigenvalue weighted by Gasteiger charge is 2.27. The Morgan fingerprint density at radius 2 is 2.00 bits per heavy atom. The molecule has 2 rings (SSSR count). The molecule has 1 aliphatic carbocycles. The molecule has 0 heterocycles. The number of hydrogen-bond donors (Lipinski definition) is 2. The molecular weight excluding hydrogens is 288 g/mol. The summed E-state index contributed by atoms with van der Waals surface area (Å²) >= 11 is 0. The van der Waals surface area contributed by atoms with Crippen LogP contribution in [0.3, 0.4) is 0 Å². The van der Waals surface area contributed by atoms with Crippen molar-refractivity contribution in [1.29, 1.82) is 0 Å². The molecule has 1 aromatic rings. The molecule has 1 aliphatic rings. The van der Waals surface area contributed by atoms with Crippen LogP contribution < -0.4 is 4.72 Å². The van der Waals surface area contributed by atoms with Gasteiger partial charge in [0.05, 0.1) is 0 Å². The van der Waals surface area contributed by atoms with Gasteiger partial charge >= 0.3 is 0 Å². The minimum absolute atomic E-state index is 0.0440. The van der Waals surface area contributed by atoms with Gasteiger partial charge in [0.25, 0.3) is 0 Å². The summed E-state index contributed by atoms with van der Waals surface area (Å²) < 4.78 is 53.5. The molecule has 0 radical (unpaired) electrons. The molecule has 0 aliphatic heterocycles. The molecule has 1 aromatic carbocycles. The Kier molecular flexibility index (Phi) is 4.22. The van der Waals surface area contributed by atoms with E-state index in [1.807, 2.05) is 0 Å². The van der Waals surface area contributed by atoms with E-state index in [9.17, 15) is 17.2 Å². The Morgan fingerprint density at radius 3 is 2.60 bits per heavy atom. The van der Waals surface area contributed by atoms with E-state index in [0.717, 1.165) is 6.07 Å². The molecule has 2 atom stereocenters. The number of sulfonamides is 1. The van der Waals surface area contributed by atoms with Gasteiger partial charge in [0, 0.05) is 18.6 Å². The Morgan fingerprint density at radius 1 is 1.30 bits per heavy atom. The van der Waals surface area contributed by atoms with Gasteiger partial charge in [-0.3, -0.25) is 0 Å². The van der Waals surface area contributed by atoms with Crippen molar-refractivity contribution in [3.8, 4) is 0 Å². The van der Waals surface area contributed by atoms with Crippen LogP contribution in [0.2, 0.25) is 0 Å². The van der Waals surface area contributed by atoms with Crippen LogP contribution in [-0.2, 0) is 10.0 Å². The SMILES string of the molecule is Cc1cc(F)c(S(=O)(=O)N[C@@H]2C=C[C@H](CO)C2)cc1F. The standard InChI is InChI=1S/C13H15F2NO3S/c1-8-4-12(15)13(6-11(8)14)20(18,19)16-10-3-2-9(5-10)7-17/h2-4,6,9-10,16-17H,5,7H2,1H3/t9-,10+/m0/s1. The second kappa shape index (κ2) is 5.59. The first-order valence-corrected chi connectivity index (χ1v) is 7.59. The lowest BCUT2D eigenvalue weighted by atomic mass is 10.1. The number of hydrogen-bond acceptors (Lipinski definition) is 3. The highest BCUT2D eigenvalue weighted by atomic mass is 32.2. The lowest BCUT2D eigenvalue weighted by Crippen LogP contribution is -2.33. The van der Waals surface area contributed by atoms with Crippen LogP contribution in [0.5, 0.6) is 0 Å². The predicted molar refractivity (Wildman–Crippen MR) is 69.5 cm³/mol. The van der Waals surface area contributed by atoms with Crippen LogP contribution in [0.25, 0.3) is 0 Å². The third-order valence-electron chi connectivity index (χ3n) is 3.22. The molecule has 0 bridgehead atoms. The average Bonchev–Trinajstić information content (AvgIpc) is 2.80.